The van der Waals surface area contributed by atoms with Gasteiger partial charge in [0.15, 0.2) is 0 Å². The monoisotopic (exact) mass is 227 g/mol. The van der Waals surface area contributed by atoms with Crippen LogP contribution in [0.3, 0.4) is 0 Å². The predicted octanol–water partition coefficient (Wildman–Crippen LogP) is 0.572. The highest BCUT2D eigenvalue weighted by Crippen LogP contribution is 2.17. The molecule has 2 atom stereocenters. The Morgan fingerprint density at radius 3 is 3.00 bits per heavy atom. The molecule has 0 spiro atoms. The molecule has 1 aliphatic rings. The van der Waals surface area contributed by atoms with Gasteiger partial charge in [-0.25, -0.2) is 0 Å². The zero-order valence-corrected chi connectivity index (χ0v) is 10.5. The zero-order chi connectivity index (χ0) is 12.0. The van der Waals surface area contributed by atoms with Crippen molar-refractivity contribution in [2.45, 2.75) is 39.2 Å². The van der Waals surface area contributed by atoms with Crippen molar-refractivity contribution in [1.29, 1.82) is 0 Å². The van der Waals surface area contributed by atoms with Gasteiger partial charge < -0.3 is 11.1 Å². The summed E-state index contributed by atoms with van der Waals surface area (Å²) >= 11 is 0. The van der Waals surface area contributed by atoms with Gasteiger partial charge in [-0.15, -0.1) is 0 Å². The molecular formula is C12H25N3O. The fraction of sp³-hybridized carbons (Fsp3) is 0.917. The number of amides is 1. The molecule has 4 nitrogen and oxygen atoms in total. The van der Waals surface area contributed by atoms with Crippen LogP contribution in [0.2, 0.25) is 0 Å². The molecule has 1 heterocycles. The van der Waals surface area contributed by atoms with E-state index in [1.807, 2.05) is 6.92 Å². The molecule has 1 saturated heterocycles. The molecule has 1 rings (SSSR count). The number of carbonyl (C=O) groups is 1. The molecule has 1 aliphatic heterocycles. The molecule has 0 aromatic rings. The normalized spacial score (nSPS) is 24.2. The van der Waals surface area contributed by atoms with Gasteiger partial charge in [-0.05, 0) is 51.7 Å². The fourth-order valence-electron chi connectivity index (χ4n) is 2.28. The van der Waals surface area contributed by atoms with Crippen molar-refractivity contribution < 1.29 is 4.79 Å². The van der Waals surface area contributed by atoms with Gasteiger partial charge in [-0.3, -0.25) is 9.69 Å². The van der Waals surface area contributed by atoms with E-state index < -0.39 is 0 Å². The van der Waals surface area contributed by atoms with Gasteiger partial charge in [-0.2, -0.15) is 0 Å². The fourth-order valence-corrected chi connectivity index (χ4v) is 2.28. The Labute approximate surface area is 98.6 Å². The average Bonchev–Trinajstić information content (AvgIpc) is 2.29. The summed E-state index contributed by atoms with van der Waals surface area (Å²) in [5.74, 6) is 0.462. The van der Waals surface area contributed by atoms with Gasteiger partial charge in [-0.1, -0.05) is 6.92 Å². The van der Waals surface area contributed by atoms with Crippen LogP contribution < -0.4 is 11.1 Å². The Bertz CT molecular complexity index is 220. The maximum atomic E-state index is 11.1. The Morgan fingerprint density at radius 1 is 1.62 bits per heavy atom. The SMILES string of the molecule is CCCNCC1CCCN(C(C)C(N)=O)C1. The number of piperidine rings is 1. The number of hydrogen-bond donors (Lipinski definition) is 2. The summed E-state index contributed by atoms with van der Waals surface area (Å²) in [4.78, 5) is 13.3. The summed E-state index contributed by atoms with van der Waals surface area (Å²) in [7, 11) is 0. The summed E-state index contributed by atoms with van der Waals surface area (Å²) < 4.78 is 0. The largest absolute Gasteiger partial charge is 0.368 e. The lowest BCUT2D eigenvalue weighted by Crippen LogP contribution is -2.49. The van der Waals surface area contributed by atoms with Crippen LogP contribution in [-0.4, -0.2) is 43.0 Å². The van der Waals surface area contributed by atoms with Crippen LogP contribution in [0.4, 0.5) is 0 Å². The molecule has 3 N–H and O–H groups in total. The molecule has 1 fully saturated rings. The third kappa shape index (κ3) is 4.10. The number of primary amides is 1. The molecule has 0 radical (unpaired) electrons. The topological polar surface area (TPSA) is 58.4 Å². The molecule has 0 saturated carbocycles. The van der Waals surface area contributed by atoms with Crippen molar-refractivity contribution >= 4 is 5.91 Å². The number of nitrogens with two attached hydrogens (primary N) is 1. The first-order valence-electron chi connectivity index (χ1n) is 6.39. The Kier molecular flexibility index (Phi) is 5.77. The maximum absolute atomic E-state index is 11.1. The molecule has 1 amide bonds. The summed E-state index contributed by atoms with van der Waals surface area (Å²) in [5, 5.41) is 3.45. The third-order valence-electron chi connectivity index (χ3n) is 3.37. The molecule has 0 aliphatic carbocycles. The van der Waals surface area contributed by atoms with Crippen LogP contribution in [0.15, 0.2) is 0 Å². The van der Waals surface area contributed by atoms with E-state index in [9.17, 15) is 4.79 Å². The van der Waals surface area contributed by atoms with E-state index in [4.69, 9.17) is 5.73 Å². The summed E-state index contributed by atoms with van der Waals surface area (Å²) in [6.45, 7) is 8.24. The number of nitrogens with one attached hydrogen (secondary N) is 1. The van der Waals surface area contributed by atoms with Crippen molar-refractivity contribution in [3.63, 3.8) is 0 Å². The second-order valence-corrected chi connectivity index (χ2v) is 4.79. The van der Waals surface area contributed by atoms with Gasteiger partial charge in [0.25, 0.3) is 0 Å². The highest BCUT2D eigenvalue weighted by atomic mass is 16.1. The van der Waals surface area contributed by atoms with Crippen LogP contribution in [0.5, 0.6) is 0 Å². The first kappa shape index (κ1) is 13.5. The van der Waals surface area contributed by atoms with Crippen molar-refractivity contribution in [3.05, 3.63) is 0 Å². The lowest BCUT2D eigenvalue weighted by Gasteiger charge is -2.35. The molecule has 94 valence electrons. The van der Waals surface area contributed by atoms with Gasteiger partial charge in [0.2, 0.25) is 5.91 Å². The number of hydrogen-bond acceptors (Lipinski definition) is 3. The van der Waals surface area contributed by atoms with Crippen LogP contribution in [0.25, 0.3) is 0 Å². The number of rotatable bonds is 6. The minimum absolute atomic E-state index is 0.117. The van der Waals surface area contributed by atoms with E-state index in [-0.39, 0.29) is 11.9 Å². The minimum atomic E-state index is -0.206. The average molecular weight is 227 g/mol. The van der Waals surface area contributed by atoms with Crippen LogP contribution >= 0.6 is 0 Å². The number of nitrogens with zero attached hydrogens (tertiary/aromatic N) is 1. The molecule has 2 unspecified atom stereocenters. The lowest BCUT2D eigenvalue weighted by molar-refractivity contribution is -0.123. The molecule has 4 heteroatoms. The Hall–Kier alpha value is -0.610. The van der Waals surface area contributed by atoms with E-state index >= 15 is 0 Å². The van der Waals surface area contributed by atoms with Crippen molar-refractivity contribution in [3.8, 4) is 0 Å². The van der Waals surface area contributed by atoms with E-state index in [0.717, 1.165) is 26.2 Å². The summed E-state index contributed by atoms with van der Waals surface area (Å²) in [5.41, 5.74) is 5.34. The summed E-state index contributed by atoms with van der Waals surface area (Å²) in [6, 6.07) is -0.117. The van der Waals surface area contributed by atoms with Gasteiger partial charge in [0.1, 0.15) is 0 Å². The van der Waals surface area contributed by atoms with E-state index in [1.54, 1.807) is 0 Å². The number of carbonyl (C=O) groups excluding carboxylic acids is 1. The quantitative estimate of drug-likeness (QED) is 0.652. The van der Waals surface area contributed by atoms with Crippen LogP contribution in [-0.2, 0) is 4.79 Å². The standard InChI is InChI=1S/C12H25N3O/c1-3-6-14-8-11-5-4-7-15(9-11)10(2)12(13)16/h10-11,14H,3-9H2,1-2H3,(H2,13,16). The highest BCUT2D eigenvalue weighted by molar-refractivity contribution is 5.79. The second kappa shape index (κ2) is 6.86. The lowest BCUT2D eigenvalue weighted by atomic mass is 9.96. The van der Waals surface area contributed by atoms with Crippen molar-refractivity contribution in [2.75, 3.05) is 26.2 Å². The van der Waals surface area contributed by atoms with Gasteiger partial charge in [0.05, 0.1) is 6.04 Å². The Balaban J connectivity index is 2.32. The zero-order valence-electron chi connectivity index (χ0n) is 10.5. The second-order valence-electron chi connectivity index (χ2n) is 4.79. The number of likely N-dealkylation sites (tertiary alicyclic amines) is 1. The predicted molar refractivity (Wildman–Crippen MR) is 66.1 cm³/mol. The molecule has 0 bridgehead atoms. The van der Waals surface area contributed by atoms with E-state index in [1.165, 1.54) is 19.3 Å². The van der Waals surface area contributed by atoms with Gasteiger partial charge >= 0.3 is 0 Å². The molecular weight excluding hydrogens is 202 g/mol. The highest BCUT2D eigenvalue weighted by Gasteiger charge is 2.25. The third-order valence-corrected chi connectivity index (χ3v) is 3.37. The van der Waals surface area contributed by atoms with E-state index in [2.05, 4.69) is 17.1 Å². The van der Waals surface area contributed by atoms with Crippen molar-refractivity contribution in [2.24, 2.45) is 11.7 Å². The minimum Gasteiger partial charge on any atom is -0.368 e. The first-order chi connectivity index (χ1) is 7.65. The van der Waals surface area contributed by atoms with Crippen molar-refractivity contribution in [1.82, 2.24) is 10.2 Å². The maximum Gasteiger partial charge on any atom is 0.234 e. The smallest absolute Gasteiger partial charge is 0.234 e. The van der Waals surface area contributed by atoms with Crippen LogP contribution in [0.1, 0.15) is 33.1 Å². The van der Waals surface area contributed by atoms with Gasteiger partial charge in [0, 0.05) is 6.54 Å². The van der Waals surface area contributed by atoms with E-state index in [0.29, 0.717) is 5.92 Å². The molecule has 16 heavy (non-hydrogen) atoms. The molecule has 0 aromatic carbocycles. The first-order valence-corrected chi connectivity index (χ1v) is 6.39. The Morgan fingerprint density at radius 2 is 2.38 bits per heavy atom. The molecule has 0 aromatic heterocycles. The summed E-state index contributed by atoms with van der Waals surface area (Å²) in [6.07, 6.45) is 3.61. The van der Waals surface area contributed by atoms with Crippen LogP contribution in [0, 0.1) is 5.92 Å².